The average molecular weight is 425 g/mol. The number of ether oxygens (including phenoxy) is 2. The summed E-state index contributed by atoms with van der Waals surface area (Å²) in [7, 11) is 0. The zero-order valence-electron chi connectivity index (χ0n) is 16.2. The highest BCUT2D eigenvalue weighted by molar-refractivity contribution is 7.99. The predicted molar refractivity (Wildman–Crippen MR) is 112 cm³/mol. The van der Waals surface area contributed by atoms with Gasteiger partial charge in [0.15, 0.2) is 5.13 Å². The van der Waals surface area contributed by atoms with Gasteiger partial charge in [-0.2, -0.15) is 0 Å². The number of carbonyl (C=O) groups is 2. The molecule has 0 radical (unpaired) electrons. The van der Waals surface area contributed by atoms with E-state index in [9.17, 15) is 9.59 Å². The van der Waals surface area contributed by atoms with Gasteiger partial charge in [0.1, 0.15) is 11.5 Å². The number of aromatic nitrogens is 1. The van der Waals surface area contributed by atoms with Gasteiger partial charge in [-0.1, -0.05) is 0 Å². The molecule has 1 amide bonds. The summed E-state index contributed by atoms with van der Waals surface area (Å²) in [5, 5.41) is 13.7. The Morgan fingerprint density at radius 3 is 2.29 bits per heavy atom. The third kappa shape index (κ3) is 7.40. The van der Waals surface area contributed by atoms with E-state index in [1.54, 1.807) is 23.6 Å². The Labute approximate surface area is 172 Å². The first-order chi connectivity index (χ1) is 13.2. The van der Waals surface area contributed by atoms with Crippen LogP contribution in [-0.2, 0) is 10.5 Å². The van der Waals surface area contributed by atoms with Gasteiger partial charge in [-0.05, 0) is 39.8 Å². The molecule has 9 heteroatoms. The molecular formula is C19H24N2O5S2. The second kappa shape index (κ2) is 10.3. The molecule has 1 aromatic heterocycles. The lowest BCUT2D eigenvalue weighted by atomic mass is 10.2. The van der Waals surface area contributed by atoms with E-state index in [-0.39, 0.29) is 23.9 Å². The zero-order valence-corrected chi connectivity index (χ0v) is 17.9. The Kier molecular flexibility index (Phi) is 8.13. The standard InChI is InChI=1S/C19H24N2O5S2/c1-11(2)25-15-5-13(6-16(7-15)26-12(3)4)18(24)21-19-20-14(9-28-19)8-27-10-17(22)23/h5-7,9,11-12H,8,10H2,1-4H3,(H,22,23)(H,20,21,24). The van der Waals surface area contributed by atoms with Crippen molar-refractivity contribution in [3.63, 3.8) is 0 Å². The van der Waals surface area contributed by atoms with Crippen LogP contribution in [-0.4, -0.2) is 39.9 Å². The summed E-state index contributed by atoms with van der Waals surface area (Å²) < 4.78 is 11.4. The maximum Gasteiger partial charge on any atom is 0.313 e. The monoisotopic (exact) mass is 424 g/mol. The smallest absolute Gasteiger partial charge is 0.313 e. The van der Waals surface area contributed by atoms with Crippen LogP contribution in [0.4, 0.5) is 5.13 Å². The van der Waals surface area contributed by atoms with Gasteiger partial charge in [-0.25, -0.2) is 4.98 Å². The molecule has 1 aromatic carbocycles. The molecule has 0 saturated heterocycles. The van der Waals surface area contributed by atoms with Gasteiger partial charge in [0.05, 0.1) is 23.7 Å². The van der Waals surface area contributed by atoms with Gasteiger partial charge in [-0.3, -0.25) is 14.9 Å². The number of nitrogens with one attached hydrogen (secondary N) is 1. The highest BCUT2D eigenvalue weighted by Crippen LogP contribution is 2.26. The number of anilines is 1. The van der Waals surface area contributed by atoms with Crippen molar-refractivity contribution in [2.75, 3.05) is 11.1 Å². The fourth-order valence-corrected chi connectivity index (χ4v) is 3.67. The number of nitrogens with zero attached hydrogens (tertiary/aromatic N) is 1. The molecule has 1 heterocycles. The van der Waals surface area contributed by atoms with Crippen LogP contribution < -0.4 is 14.8 Å². The number of thioether (sulfide) groups is 1. The predicted octanol–water partition coefficient (Wildman–Crippen LogP) is 4.29. The Morgan fingerprint density at radius 1 is 1.14 bits per heavy atom. The molecule has 2 rings (SSSR count). The SMILES string of the molecule is CC(C)Oc1cc(OC(C)C)cc(C(=O)Nc2nc(CSCC(=O)O)cs2)c1. The summed E-state index contributed by atoms with van der Waals surface area (Å²) in [6, 6.07) is 5.09. The molecule has 0 atom stereocenters. The number of carboxylic acid groups (broad SMARTS) is 1. The average Bonchev–Trinajstić information content (AvgIpc) is 3.00. The van der Waals surface area contributed by atoms with Gasteiger partial charge >= 0.3 is 5.97 Å². The fourth-order valence-electron chi connectivity index (χ4n) is 2.23. The summed E-state index contributed by atoms with van der Waals surface area (Å²) in [6.45, 7) is 7.65. The Balaban J connectivity index is 2.10. The number of rotatable bonds is 10. The topological polar surface area (TPSA) is 97.8 Å². The van der Waals surface area contributed by atoms with Gasteiger partial charge in [0.2, 0.25) is 0 Å². The summed E-state index contributed by atoms with van der Waals surface area (Å²) >= 11 is 2.55. The van der Waals surface area contributed by atoms with Crippen molar-refractivity contribution in [2.45, 2.75) is 45.7 Å². The van der Waals surface area contributed by atoms with Crippen molar-refractivity contribution in [2.24, 2.45) is 0 Å². The van der Waals surface area contributed by atoms with Crippen LogP contribution in [0.5, 0.6) is 11.5 Å². The number of thiazole rings is 1. The highest BCUT2D eigenvalue weighted by Gasteiger charge is 2.14. The molecule has 0 fully saturated rings. The molecule has 2 N–H and O–H groups in total. The first kappa shape index (κ1) is 22.0. The number of aliphatic carboxylic acids is 1. The van der Waals surface area contributed by atoms with E-state index in [1.807, 2.05) is 27.7 Å². The van der Waals surface area contributed by atoms with E-state index < -0.39 is 5.97 Å². The molecule has 0 saturated carbocycles. The minimum absolute atomic E-state index is 0.0144. The second-order valence-electron chi connectivity index (χ2n) is 6.51. The number of hydrogen-bond donors (Lipinski definition) is 2. The van der Waals surface area contributed by atoms with Gasteiger partial charge in [0, 0.05) is 22.8 Å². The molecule has 0 aliphatic carbocycles. The zero-order chi connectivity index (χ0) is 20.7. The van der Waals surface area contributed by atoms with Crippen LogP contribution in [0.3, 0.4) is 0 Å². The van der Waals surface area contributed by atoms with Crippen molar-refractivity contribution in [1.29, 1.82) is 0 Å². The van der Waals surface area contributed by atoms with Gasteiger partial charge < -0.3 is 14.6 Å². The molecule has 152 valence electrons. The van der Waals surface area contributed by atoms with Crippen LogP contribution >= 0.6 is 23.1 Å². The van der Waals surface area contributed by atoms with E-state index in [2.05, 4.69) is 10.3 Å². The van der Waals surface area contributed by atoms with E-state index in [1.165, 1.54) is 23.1 Å². The van der Waals surface area contributed by atoms with E-state index in [0.717, 1.165) is 5.69 Å². The number of benzene rings is 1. The van der Waals surface area contributed by atoms with E-state index in [0.29, 0.717) is 27.9 Å². The van der Waals surface area contributed by atoms with Crippen molar-refractivity contribution >= 4 is 40.1 Å². The minimum Gasteiger partial charge on any atom is -0.491 e. The van der Waals surface area contributed by atoms with Crippen molar-refractivity contribution in [3.8, 4) is 11.5 Å². The first-order valence-corrected chi connectivity index (χ1v) is 10.8. The molecule has 0 unspecified atom stereocenters. The van der Waals surface area contributed by atoms with Crippen LogP contribution in [0.1, 0.15) is 43.7 Å². The minimum atomic E-state index is -0.864. The summed E-state index contributed by atoms with van der Waals surface area (Å²) in [5.74, 6) is 0.424. The lowest BCUT2D eigenvalue weighted by molar-refractivity contribution is -0.133. The third-order valence-corrected chi connectivity index (χ3v) is 4.89. The fraction of sp³-hybridized carbons (Fsp3) is 0.421. The van der Waals surface area contributed by atoms with Crippen LogP contribution in [0.25, 0.3) is 0 Å². The summed E-state index contributed by atoms with van der Waals surface area (Å²) in [5.41, 5.74) is 1.14. The molecule has 0 aliphatic rings. The molecule has 7 nitrogen and oxygen atoms in total. The Hall–Kier alpha value is -2.26. The van der Waals surface area contributed by atoms with Crippen LogP contribution in [0.15, 0.2) is 23.6 Å². The molecular weight excluding hydrogens is 400 g/mol. The Bertz CT molecular complexity index is 792. The van der Waals surface area contributed by atoms with E-state index in [4.69, 9.17) is 14.6 Å². The maximum atomic E-state index is 12.7. The number of carbonyl (C=O) groups excluding carboxylic acids is 1. The first-order valence-electron chi connectivity index (χ1n) is 8.76. The molecule has 2 aromatic rings. The maximum absolute atomic E-state index is 12.7. The highest BCUT2D eigenvalue weighted by atomic mass is 32.2. The molecule has 28 heavy (non-hydrogen) atoms. The van der Waals surface area contributed by atoms with Gasteiger partial charge in [-0.15, -0.1) is 23.1 Å². The van der Waals surface area contributed by atoms with Crippen LogP contribution in [0.2, 0.25) is 0 Å². The molecule has 0 bridgehead atoms. The second-order valence-corrected chi connectivity index (χ2v) is 8.35. The summed E-state index contributed by atoms with van der Waals surface area (Å²) in [4.78, 5) is 27.6. The molecule has 0 aliphatic heterocycles. The quantitative estimate of drug-likeness (QED) is 0.587. The third-order valence-electron chi connectivity index (χ3n) is 3.13. The lowest BCUT2D eigenvalue weighted by Crippen LogP contribution is -2.14. The number of hydrogen-bond acceptors (Lipinski definition) is 7. The lowest BCUT2D eigenvalue weighted by Gasteiger charge is -2.15. The van der Waals surface area contributed by atoms with Crippen LogP contribution in [0, 0.1) is 0 Å². The van der Waals surface area contributed by atoms with Crippen molar-refractivity contribution in [1.82, 2.24) is 4.98 Å². The van der Waals surface area contributed by atoms with E-state index >= 15 is 0 Å². The van der Waals surface area contributed by atoms with Crippen molar-refractivity contribution in [3.05, 3.63) is 34.8 Å². The molecule has 0 spiro atoms. The largest absolute Gasteiger partial charge is 0.491 e. The number of carboxylic acids is 1. The van der Waals surface area contributed by atoms with Gasteiger partial charge in [0.25, 0.3) is 5.91 Å². The Morgan fingerprint density at radius 2 is 1.75 bits per heavy atom. The van der Waals surface area contributed by atoms with Crippen molar-refractivity contribution < 1.29 is 24.2 Å². The normalized spacial score (nSPS) is 10.9. The summed E-state index contributed by atoms with van der Waals surface area (Å²) in [6.07, 6.45) is -0.0648. The number of amides is 1.